The number of carbonyl (C=O) groups is 1. The van der Waals surface area contributed by atoms with Gasteiger partial charge in [-0.15, -0.1) is 0 Å². The summed E-state index contributed by atoms with van der Waals surface area (Å²) in [5, 5.41) is 17.8. The van der Waals surface area contributed by atoms with Crippen LogP contribution in [-0.2, 0) is 4.79 Å². The number of anilines is 2. The fourth-order valence-corrected chi connectivity index (χ4v) is 3.16. The molecular weight excluding hydrogens is 358 g/mol. The molecule has 0 fully saturated rings. The second-order valence-electron chi connectivity index (χ2n) is 6.15. The number of nitrogens with zero attached hydrogens (tertiary/aromatic N) is 5. The Morgan fingerprint density at radius 1 is 1.25 bits per heavy atom. The highest BCUT2D eigenvalue weighted by Gasteiger charge is 2.35. The zero-order valence-corrected chi connectivity index (χ0v) is 15.5. The molecule has 28 heavy (non-hydrogen) atoms. The first-order valence-corrected chi connectivity index (χ1v) is 8.88. The zero-order chi connectivity index (χ0) is 19.5. The summed E-state index contributed by atoms with van der Waals surface area (Å²) in [7, 11) is 0. The van der Waals surface area contributed by atoms with E-state index in [4.69, 9.17) is 4.74 Å². The van der Waals surface area contributed by atoms with Gasteiger partial charge in [0.05, 0.1) is 23.6 Å². The number of tetrazole rings is 1. The van der Waals surface area contributed by atoms with Crippen LogP contribution >= 0.6 is 0 Å². The predicted molar refractivity (Wildman–Crippen MR) is 103 cm³/mol. The van der Waals surface area contributed by atoms with Crippen molar-refractivity contribution in [2.75, 3.05) is 17.2 Å². The number of carbonyl (C=O) groups excluding carboxylic acids is 1. The van der Waals surface area contributed by atoms with Crippen LogP contribution in [0.25, 0.3) is 0 Å². The normalized spacial score (nSPS) is 15.6. The molecule has 0 spiro atoms. The molecule has 4 rings (SSSR count). The average molecular weight is 377 g/mol. The van der Waals surface area contributed by atoms with Gasteiger partial charge in [0.1, 0.15) is 11.8 Å². The fourth-order valence-electron chi connectivity index (χ4n) is 3.16. The van der Waals surface area contributed by atoms with E-state index in [1.807, 2.05) is 50.2 Å². The molecule has 1 amide bonds. The van der Waals surface area contributed by atoms with Crippen molar-refractivity contribution in [3.05, 3.63) is 65.6 Å². The second kappa shape index (κ2) is 7.47. The van der Waals surface area contributed by atoms with Gasteiger partial charge in [0.15, 0.2) is 0 Å². The zero-order valence-electron chi connectivity index (χ0n) is 15.5. The van der Waals surface area contributed by atoms with Crippen LogP contribution in [0.2, 0.25) is 0 Å². The Morgan fingerprint density at radius 3 is 2.86 bits per heavy atom. The second-order valence-corrected chi connectivity index (χ2v) is 6.15. The number of hydrogen-bond acceptors (Lipinski definition) is 7. The Bertz CT molecular complexity index is 1030. The Labute approximate surface area is 161 Å². The van der Waals surface area contributed by atoms with Crippen molar-refractivity contribution < 1.29 is 9.53 Å². The van der Waals surface area contributed by atoms with Crippen LogP contribution in [0.5, 0.6) is 5.75 Å². The van der Waals surface area contributed by atoms with E-state index in [0.717, 1.165) is 0 Å². The lowest BCUT2D eigenvalue weighted by Crippen LogP contribution is -2.32. The Kier molecular flexibility index (Phi) is 4.71. The number of hydrogen-bond donors (Lipinski definition) is 2. The first-order valence-electron chi connectivity index (χ1n) is 8.88. The summed E-state index contributed by atoms with van der Waals surface area (Å²) in [5.74, 6) is 0.784. The third kappa shape index (κ3) is 3.18. The van der Waals surface area contributed by atoms with Gasteiger partial charge < -0.3 is 15.4 Å². The molecule has 9 nitrogen and oxygen atoms in total. The molecule has 9 heteroatoms. The monoisotopic (exact) mass is 377 g/mol. The maximum Gasteiger partial charge on any atom is 0.256 e. The molecule has 2 aromatic heterocycles. The van der Waals surface area contributed by atoms with Crippen molar-refractivity contribution >= 4 is 17.5 Å². The van der Waals surface area contributed by atoms with E-state index in [9.17, 15) is 4.79 Å². The maximum absolute atomic E-state index is 13.3. The first-order chi connectivity index (χ1) is 13.7. The van der Waals surface area contributed by atoms with Crippen molar-refractivity contribution in [3.8, 4) is 5.75 Å². The van der Waals surface area contributed by atoms with Crippen LogP contribution in [0.3, 0.4) is 0 Å². The molecule has 1 atom stereocenters. The Balaban J connectivity index is 1.73. The lowest BCUT2D eigenvalue weighted by molar-refractivity contribution is -0.113. The van der Waals surface area contributed by atoms with Crippen molar-refractivity contribution in [1.29, 1.82) is 0 Å². The molecule has 1 aliphatic rings. The topological polar surface area (TPSA) is 107 Å². The highest BCUT2D eigenvalue weighted by molar-refractivity contribution is 6.06. The molecule has 0 saturated heterocycles. The summed E-state index contributed by atoms with van der Waals surface area (Å²) in [4.78, 5) is 17.7. The van der Waals surface area contributed by atoms with E-state index in [1.54, 1.807) is 16.9 Å². The number of pyridine rings is 1. The van der Waals surface area contributed by atoms with Crippen molar-refractivity contribution in [2.24, 2.45) is 0 Å². The number of aromatic nitrogens is 5. The molecule has 1 aliphatic heterocycles. The summed E-state index contributed by atoms with van der Waals surface area (Å²) < 4.78 is 7.17. The van der Waals surface area contributed by atoms with Crippen molar-refractivity contribution in [1.82, 2.24) is 25.2 Å². The number of fused-ring (bicyclic) bond motifs is 1. The fraction of sp³-hybridized carbons (Fsp3) is 0.211. The number of benzene rings is 1. The molecule has 0 aliphatic carbocycles. The highest BCUT2D eigenvalue weighted by Crippen LogP contribution is 2.34. The van der Waals surface area contributed by atoms with Gasteiger partial charge in [-0.25, -0.2) is 0 Å². The molecule has 1 aromatic carbocycles. The number of ether oxygens (including phenoxy) is 1. The molecule has 3 aromatic rings. The minimum absolute atomic E-state index is 0.283. The quantitative estimate of drug-likeness (QED) is 0.703. The molecule has 2 N–H and O–H groups in total. The number of nitrogens with one attached hydrogen (secondary N) is 2. The van der Waals surface area contributed by atoms with Crippen molar-refractivity contribution in [3.63, 3.8) is 0 Å². The Hall–Kier alpha value is -3.75. The number of allylic oxidation sites excluding steroid dienone is 1. The SMILES string of the molecule is CCOc1ccccc1NC(=O)C1=C(C)Nc2nnnn2[C@H]1c1ccccn1. The van der Waals surface area contributed by atoms with Gasteiger partial charge in [0.25, 0.3) is 5.91 Å². The minimum Gasteiger partial charge on any atom is -0.492 e. The van der Waals surface area contributed by atoms with E-state index in [-0.39, 0.29) is 5.91 Å². The standard InChI is InChI=1S/C19H19N7O2/c1-3-28-15-10-5-4-8-13(15)22-18(27)16-12(2)21-19-23-24-25-26(19)17(16)14-9-6-7-11-20-14/h4-11,17H,3H2,1-2H3,(H,22,27)(H,21,23,25)/t17-/m0/s1. The number of para-hydroxylation sites is 2. The molecular formula is C19H19N7O2. The third-order valence-electron chi connectivity index (χ3n) is 4.36. The van der Waals surface area contributed by atoms with E-state index in [0.29, 0.717) is 41.0 Å². The van der Waals surface area contributed by atoms with E-state index < -0.39 is 6.04 Å². The third-order valence-corrected chi connectivity index (χ3v) is 4.36. The number of amides is 1. The van der Waals surface area contributed by atoms with E-state index in [2.05, 4.69) is 31.1 Å². The van der Waals surface area contributed by atoms with Crippen LogP contribution in [0, 0.1) is 0 Å². The van der Waals surface area contributed by atoms with Crippen LogP contribution in [-0.4, -0.2) is 37.7 Å². The minimum atomic E-state index is -0.549. The predicted octanol–water partition coefficient (Wildman–Crippen LogP) is 2.39. The van der Waals surface area contributed by atoms with Gasteiger partial charge in [-0.2, -0.15) is 4.68 Å². The van der Waals surface area contributed by atoms with Gasteiger partial charge in [0.2, 0.25) is 5.95 Å². The Morgan fingerprint density at radius 2 is 2.07 bits per heavy atom. The first kappa shape index (κ1) is 17.7. The molecule has 0 unspecified atom stereocenters. The van der Waals surface area contributed by atoms with Crippen LogP contribution < -0.4 is 15.4 Å². The molecule has 0 radical (unpaired) electrons. The molecule has 3 heterocycles. The summed E-state index contributed by atoms with van der Waals surface area (Å²) in [6.45, 7) is 4.21. The number of rotatable bonds is 5. The summed E-state index contributed by atoms with van der Waals surface area (Å²) >= 11 is 0. The summed E-state index contributed by atoms with van der Waals surface area (Å²) in [6.07, 6.45) is 1.68. The summed E-state index contributed by atoms with van der Waals surface area (Å²) in [6, 6.07) is 12.3. The lowest BCUT2D eigenvalue weighted by Gasteiger charge is -2.27. The van der Waals surface area contributed by atoms with Gasteiger partial charge in [0, 0.05) is 11.9 Å². The average Bonchev–Trinajstić information content (AvgIpc) is 3.17. The van der Waals surface area contributed by atoms with E-state index >= 15 is 0 Å². The van der Waals surface area contributed by atoms with Gasteiger partial charge in [-0.3, -0.25) is 9.78 Å². The largest absolute Gasteiger partial charge is 0.492 e. The van der Waals surface area contributed by atoms with Gasteiger partial charge in [-0.1, -0.05) is 23.3 Å². The highest BCUT2D eigenvalue weighted by atomic mass is 16.5. The van der Waals surface area contributed by atoms with E-state index in [1.165, 1.54) is 0 Å². The maximum atomic E-state index is 13.3. The van der Waals surface area contributed by atoms with Crippen LogP contribution in [0.15, 0.2) is 59.9 Å². The van der Waals surface area contributed by atoms with Gasteiger partial charge in [-0.05, 0) is 48.5 Å². The molecule has 142 valence electrons. The van der Waals surface area contributed by atoms with Crippen LogP contribution in [0.4, 0.5) is 11.6 Å². The smallest absolute Gasteiger partial charge is 0.256 e. The summed E-state index contributed by atoms with van der Waals surface area (Å²) in [5.41, 5.74) is 2.39. The lowest BCUT2D eigenvalue weighted by atomic mass is 9.98. The van der Waals surface area contributed by atoms with Gasteiger partial charge >= 0.3 is 0 Å². The molecule has 0 saturated carbocycles. The van der Waals surface area contributed by atoms with Crippen LogP contribution in [0.1, 0.15) is 25.6 Å². The van der Waals surface area contributed by atoms with Crippen molar-refractivity contribution in [2.45, 2.75) is 19.9 Å². The molecule has 0 bridgehead atoms.